The van der Waals surface area contributed by atoms with Crippen molar-refractivity contribution in [1.82, 2.24) is 0 Å². The van der Waals surface area contributed by atoms with Crippen LogP contribution in [0.1, 0.15) is 19.3 Å². The van der Waals surface area contributed by atoms with E-state index in [2.05, 4.69) is 0 Å². The Morgan fingerprint density at radius 2 is 2.24 bits per heavy atom. The largest absolute Gasteiger partial charge is 0.504 e. The Kier molecular flexibility index (Phi) is 2.10. The predicted molar refractivity (Wildman–Crippen MR) is 60.5 cm³/mol. The topological polar surface area (TPSA) is 104 Å². The molecule has 0 bridgehead atoms. The first-order valence-electron chi connectivity index (χ1n) is 6.77. The molecule has 6 nitrogen and oxygen atoms in total. The zero-order valence-corrected chi connectivity index (χ0v) is 9.52. The molecular weight excluding hydrogens is 248 g/mol. The van der Waals surface area contributed by atoms with Crippen molar-refractivity contribution in [3.05, 3.63) is 23.8 Å². The van der Waals surface area contributed by atoms with E-state index in [1.165, 1.54) is 0 Å². The molecule has 0 heterocycles. The highest BCUT2D eigenvalue weighted by atomic mass is 32.2. The van der Waals surface area contributed by atoms with E-state index >= 15 is 0 Å². The summed E-state index contributed by atoms with van der Waals surface area (Å²) in [6.07, 6.45) is -3.44. The van der Waals surface area contributed by atoms with E-state index in [-0.39, 0.29) is 5.75 Å². The molecule has 0 amide bonds. The lowest BCUT2D eigenvalue weighted by Gasteiger charge is -2.19. The summed E-state index contributed by atoms with van der Waals surface area (Å²) in [6.45, 7) is -3.80. The van der Waals surface area contributed by atoms with Crippen LogP contribution in [0.2, 0.25) is 0 Å². The van der Waals surface area contributed by atoms with Crippen LogP contribution in [0.25, 0.3) is 0 Å². The van der Waals surface area contributed by atoms with E-state index in [4.69, 9.17) is 16.1 Å². The highest BCUT2D eigenvalue weighted by Gasteiger charge is 2.35. The number of benzene rings is 1. The molecule has 0 aliphatic carbocycles. The molecule has 0 radical (unpaired) electrons. The standard InChI is InChI=1S/C10H14O6S/c1-10(12,17(13,14)15)6-7-3-4-8(11)9(5-7)16-2/h3-5,11-12H,6H2,1-2H3,(H,13,14,15)/i1D3,6D2. The second-order valence-corrected chi connectivity index (χ2v) is 4.67. The van der Waals surface area contributed by atoms with Gasteiger partial charge in [-0.2, -0.15) is 8.42 Å². The Bertz CT molecular complexity index is 671. The second kappa shape index (κ2) is 4.52. The van der Waals surface area contributed by atoms with Crippen molar-refractivity contribution in [3.8, 4) is 11.5 Å². The minimum atomic E-state index is -5.74. The van der Waals surface area contributed by atoms with Gasteiger partial charge in [0.1, 0.15) is 0 Å². The summed E-state index contributed by atoms with van der Waals surface area (Å²) in [5.41, 5.74) is -0.626. The Morgan fingerprint density at radius 1 is 1.59 bits per heavy atom. The lowest BCUT2D eigenvalue weighted by molar-refractivity contribution is 0.132. The van der Waals surface area contributed by atoms with E-state index in [0.29, 0.717) is 0 Å². The van der Waals surface area contributed by atoms with E-state index < -0.39 is 39.6 Å². The average molecular weight is 267 g/mol. The minimum Gasteiger partial charge on any atom is -0.504 e. The van der Waals surface area contributed by atoms with Crippen LogP contribution in [0.3, 0.4) is 0 Å². The number of phenolic OH excluding ortho intramolecular Hbond substituents is 1. The van der Waals surface area contributed by atoms with E-state index in [1.54, 1.807) is 0 Å². The summed E-state index contributed by atoms with van der Waals surface area (Å²) < 4.78 is 73.4. The van der Waals surface area contributed by atoms with Crippen molar-refractivity contribution in [2.45, 2.75) is 18.2 Å². The highest BCUT2D eigenvalue weighted by molar-refractivity contribution is 7.87. The zero-order chi connectivity index (χ0) is 17.6. The quantitative estimate of drug-likeness (QED) is 0.688. The van der Waals surface area contributed by atoms with Crippen molar-refractivity contribution in [1.29, 1.82) is 0 Å². The van der Waals surface area contributed by atoms with Gasteiger partial charge >= 0.3 is 0 Å². The molecule has 1 unspecified atom stereocenters. The molecule has 1 atom stereocenters. The van der Waals surface area contributed by atoms with Crippen molar-refractivity contribution in [2.75, 3.05) is 7.11 Å². The maximum absolute atomic E-state index is 11.4. The van der Waals surface area contributed by atoms with Crippen LogP contribution in [-0.2, 0) is 16.5 Å². The number of methoxy groups -OCH3 is 1. The third-order valence-electron chi connectivity index (χ3n) is 1.87. The Balaban J connectivity index is 3.68. The molecule has 1 rings (SSSR count). The van der Waals surface area contributed by atoms with Gasteiger partial charge in [0.25, 0.3) is 10.1 Å². The van der Waals surface area contributed by atoms with E-state index in [0.717, 1.165) is 25.3 Å². The van der Waals surface area contributed by atoms with Crippen LogP contribution >= 0.6 is 0 Å². The summed E-state index contributed by atoms with van der Waals surface area (Å²) in [6, 6.07) is 2.60. The van der Waals surface area contributed by atoms with Crippen molar-refractivity contribution < 1.29 is 34.8 Å². The SMILES string of the molecule is [2H]C([2H])([2H])C(O)(C([2H])([2H])c1ccc(O)c(OC)c1)S(=O)(=O)O. The average Bonchev–Trinajstić information content (AvgIpc) is 2.35. The maximum Gasteiger partial charge on any atom is 0.295 e. The predicted octanol–water partition coefficient (Wildman–Crippen LogP) is 0.540. The number of rotatable bonds is 4. The van der Waals surface area contributed by atoms with Crippen LogP contribution in [0.5, 0.6) is 11.5 Å². The fraction of sp³-hybridized carbons (Fsp3) is 0.400. The molecule has 7 heteroatoms. The summed E-state index contributed by atoms with van der Waals surface area (Å²) >= 11 is 0. The maximum atomic E-state index is 11.4. The summed E-state index contributed by atoms with van der Waals surface area (Å²) in [7, 11) is -4.61. The number of hydrogen-bond donors (Lipinski definition) is 3. The highest BCUT2D eigenvalue weighted by Crippen LogP contribution is 2.28. The van der Waals surface area contributed by atoms with Gasteiger partial charge < -0.3 is 14.9 Å². The summed E-state index contributed by atoms with van der Waals surface area (Å²) in [4.78, 5) is -4.12. The second-order valence-electron chi connectivity index (χ2n) is 3.13. The first kappa shape index (κ1) is 7.91. The van der Waals surface area contributed by atoms with Gasteiger partial charge in [-0.15, -0.1) is 0 Å². The molecule has 96 valence electrons. The normalized spacial score (nSPS) is 21.2. The van der Waals surface area contributed by atoms with Gasteiger partial charge in [-0.1, -0.05) is 6.07 Å². The summed E-state index contributed by atoms with van der Waals surface area (Å²) in [5.74, 6) is -0.684. The fourth-order valence-corrected chi connectivity index (χ4v) is 1.26. The van der Waals surface area contributed by atoms with Crippen molar-refractivity contribution in [2.24, 2.45) is 0 Å². The third kappa shape index (κ3) is 3.09. The van der Waals surface area contributed by atoms with E-state index in [1.807, 2.05) is 0 Å². The molecule has 0 spiro atoms. The van der Waals surface area contributed by atoms with Gasteiger partial charge in [0, 0.05) is 13.2 Å². The smallest absolute Gasteiger partial charge is 0.295 e. The van der Waals surface area contributed by atoms with Gasteiger partial charge in [-0.25, -0.2) is 0 Å². The molecular formula is C10H14O6S. The van der Waals surface area contributed by atoms with Gasteiger partial charge in [0.15, 0.2) is 16.4 Å². The Morgan fingerprint density at radius 3 is 2.71 bits per heavy atom. The van der Waals surface area contributed by atoms with Crippen molar-refractivity contribution in [3.63, 3.8) is 0 Å². The van der Waals surface area contributed by atoms with Gasteiger partial charge in [-0.3, -0.25) is 4.55 Å². The van der Waals surface area contributed by atoms with Crippen LogP contribution in [0, 0.1) is 0 Å². The first-order chi connectivity index (χ1) is 9.70. The fourth-order valence-electron chi connectivity index (χ4n) is 1.02. The molecule has 1 aromatic carbocycles. The van der Waals surface area contributed by atoms with E-state index in [9.17, 15) is 18.6 Å². The van der Waals surface area contributed by atoms with Crippen LogP contribution in [0.15, 0.2) is 18.2 Å². The molecule has 0 fully saturated rings. The third-order valence-corrected chi connectivity index (χ3v) is 2.72. The number of phenols is 1. The zero-order valence-electron chi connectivity index (χ0n) is 13.7. The van der Waals surface area contributed by atoms with Crippen LogP contribution in [0.4, 0.5) is 0 Å². The monoisotopic (exact) mass is 267 g/mol. The minimum absolute atomic E-state index is 0.274. The number of aliphatic hydroxyl groups is 1. The van der Waals surface area contributed by atoms with Crippen LogP contribution in [-0.4, -0.2) is 35.2 Å². The van der Waals surface area contributed by atoms with Gasteiger partial charge in [-0.05, 0) is 24.5 Å². The van der Waals surface area contributed by atoms with Gasteiger partial charge in [0.05, 0.1) is 7.11 Å². The van der Waals surface area contributed by atoms with Crippen molar-refractivity contribution >= 4 is 10.1 Å². The molecule has 0 aromatic heterocycles. The molecule has 0 saturated carbocycles. The Labute approximate surface area is 106 Å². The Hall–Kier alpha value is -1.31. The first-order valence-corrected chi connectivity index (χ1v) is 5.71. The molecule has 0 aliphatic rings. The van der Waals surface area contributed by atoms with Crippen LogP contribution < -0.4 is 4.74 Å². The molecule has 0 saturated heterocycles. The lowest BCUT2D eigenvalue weighted by Crippen LogP contribution is -2.36. The molecule has 1 aromatic rings. The number of hydrogen-bond acceptors (Lipinski definition) is 5. The molecule has 17 heavy (non-hydrogen) atoms. The summed E-state index contributed by atoms with van der Waals surface area (Å²) in [5, 5.41) is 19.5. The molecule has 3 N–H and O–H groups in total. The van der Waals surface area contributed by atoms with Gasteiger partial charge in [0.2, 0.25) is 0 Å². The number of aromatic hydroxyl groups is 1. The lowest BCUT2D eigenvalue weighted by atomic mass is 10.1. The number of ether oxygens (including phenoxy) is 1. The molecule has 0 aliphatic heterocycles.